The average Bonchev–Trinajstić information content (AvgIpc) is 2.87. The molecule has 0 saturated heterocycles. The van der Waals surface area contributed by atoms with Crippen LogP contribution in [0.4, 0.5) is 0 Å². The summed E-state index contributed by atoms with van der Waals surface area (Å²) in [5.41, 5.74) is 0.353. The molecule has 0 aliphatic rings. The normalized spacial score (nSPS) is 12.1. The molecule has 2 aromatic heterocycles. The third-order valence-corrected chi connectivity index (χ3v) is 2.46. The van der Waals surface area contributed by atoms with E-state index in [2.05, 4.69) is 4.98 Å². The fourth-order valence-electron chi connectivity index (χ4n) is 1.54. The Balaban J connectivity index is 2.32. The number of pyridine rings is 1. The van der Waals surface area contributed by atoms with Crippen LogP contribution in [-0.2, 0) is 0 Å². The van der Waals surface area contributed by atoms with Crippen LogP contribution in [0.15, 0.2) is 35.1 Å². The lowest BCUT2D eigenvalue weighted by Crippen LogP contribution is -2.06. The van der Waals surface area contributed by atoms with Gasteiger partial charge in [-0.3, -0.25) is 0 Å². The van der Waals surface area contributed by atoms with Gasteiger partial charge in [0, 0.05) is 17.8 Å². The number of furan rings is 1. The van der Waals surface area contributed by atoms with Crippen LogP contribution >= 0.6 is 0 Å². The van der Waals surface area contributed by atoms with Gasteiger partial charge in [0.2, 0.25) is 5.88 Å². The van der Waals surface area contributed by atoms with Gasteiger partial charge < -0.3 is 19.4 Å². The van der Waals surface area contributed by atoms with Gasteiger partial charge in [0.05, 0.1) is 13.4 Å². The van der Waals surface area contributed by atoms with Gasteiger partial charge in [-0.05, 0) is 12.1 Å². The van der Waals surface area contributed by atoms with Gasteiger partial charge in [0.25, 0.3) is 0 Å². The molecule has 1 atom stereocenters. The van der Waals surface area contributed by atoms with Crippen LogP contribution in [-0.4, -0.2) is 28.3 Å². The first kappa shape index (κ1) is 12.1. The first-order valence-corrected chi connectivity index (χ1v) is 5.12. The summed E-state index contributed by atoms with van der Waals surface area (Å²) in [6, 6.07) is 4.45. The molecule has 2 rings (SSSR count). The van der Waals surface area contributed by atoms with Crippen molar-refractivity contribution in [3.63, 3.8) is 0 Å². The van der Waals surface area contributed by atoms with Crippen molar-refractivity contribution in [2.24, 2.45) is 0 Å². The van der Waals surface area contributed by atoms with Crippen molar-refractivity contribution in [2.45, 2.75) is 6.10 Å². The van der Waals surface area contributed by atoms with Crippen molar-refractivity contribution in [3.8, 4) is 5.88 Å². The van der Waals surface area contributed by atoms with Crippen LogP contribution in [0.25, 0.3) is 0 Å². The molecule has 18 heavy (non-hydrogen) atoms. The molecule has 2 aromatic rings. The van der Waals surface area contributed by atoms with Gasteiger partial charge in [0.1, 0.15) is 11.7 Å². The summed E-state index contributed by atoms with van der Waals surface area (Å²) in [5.74, 6) is -0.766. The lowest BCUT2D eigenvalue weighted by molar-refractivity contribution is 0.0687. The predicted molar refractivity (Wildman–Crippen MR) is 60.5 cm³/mol. The van der Waals surface area contributed by atoms with Gasteiger partial charge in [-0.15, -0.1) is 0 Å². The second-order valence-corrected chi connectivity index (χ2v) is 3.54. The van der Waals surface area contributed by atoms with E-state index in [4.69, 9.17) is 14.3 Å². The highest BCUT2D eigenvalue weighted by molar-refractivity contribution is 5.88. The Morgan fingerprint density at radius 3 is 2.78 bits per heavy atom. The number of carbonyl (C=O) groups is 1. The minimum Gasteiger partial charge on any atom is -0.481 e. The van der Waals surface area contributed by atoms with E-state index in [9.17, 15) is 9.90 Å². The van der Waals surface area contributed by atoms with Gasteiger partial charge >= 0.3 is 5.97 Å². The number of aliphatic hydroxyl groups is 1. The Labute approximate surface area is 102 Å². The van der Waals surface area contributed by atoms with Crippen molar-refractivity contribution in [1.82, 2.24) is 4.98 Å². The average molecular weight is 249 g/mol. The van der Waals surface area contributed by atoms with Crippen LogP contribution in [0.2, 0.25) is 0 Å². The maximum Gasteiger partial charge on any atom is 0.339 e. The van der Waals surface area contributed by atoms with Gasteiger partial charge in [-0.1, -0.05) is 0 Å². The predicted octanol–water partition coefficient (Wildman–Crippen LogP) is 1.46. The Hall–Kier alpha value is -2.34. The number of aliphatic hydroxyl groups excluding tert-OH is 1. The highest BCUT2D eigenvalue weighted by Gasteiger charge is 2.22. The number of aromatic nitrogens is 1. The summed E-state index contributed by atoms with van der Waals surface area (Å²) in [6.45, 7) is 0. The molecule has 0 amide bonds. The molecule has 2 heterocycles. The first-order valence-electron chi connectivity index (χ1n) is 5.12. The van der Waals surface area contributed by atoms with E-state index in [1.165, 1.54) is 25.6 Å². The van der Waals surface area contributed by atoms with E-state index in [1.807, 2.05) is 0 Å². The number of methoxy groups -OCH3 is 1. The first-order chi connectivity index (χ1) is 8.63. The fraction of sp³-hybridized carbons (Fsp3) is 0.167. The third kappa shape index (κ3) is 2.18. The molecule has 0 aromatic carbocycles. The van der Waals surface area contributed by atoms with Crippen molar-refractivity contribution in [2.75, 3.05) is 7.11 Å². The van der Waals surface area contributed by atoms with Crippen molar-refractivity contribution in [3.05, 3.63) is 47.5 Å². The zero-order valence-corrected chi connectivity index (χ0v) is 9.53. The summed E-state index contributed by atoms with van der Waals surface area (Å²) < 4.78 is 9.90. The number of ether oxygens (including phenoxy) is 1. The SMILES string of the molecule is COc1ccc(C(O)c2occc2C(=O)O)cn1. The van der Waals surface area contributed by atoms with E-state index in [1.54, 1.807) is 12.1 Å². The summed E-state index contributed by atoms with van der Waals surface area (Å²) in [7, 11) is 1.48. The molecule has 94 valence electrons. The Morgan fingerprint density at radius 1 is 1.44 bits per heavy atom. The van der Waals surface area contributed by atoms with Crippen molar-refractivity contribution in [1.29, 1.82) is 0 Å². The van der Waals surface area contributed by atoms with E-state index in [0.29, 0.717) is 11.4 Å². The minimum atomic E-state index is -1.18. The number of hydrogen-bond acceptors (Lipinski definition) is 5. The maximum absolute atomic E-state index is 10.9. The molecule has 0 spiro atoms. The summed E-state index contributed by atoms with van der Waals surface area (Å²) >= 11 is 0. The van der Waals surface area contributed by atoms with Crippen molar-refractivity contribution < 1.29 is 24.2 Å². The zero-order valence-electron chi connectivity index (χ0n) is 9.53. The molecule has 2 N–H and O–H groups in total. The summed E-state index contributed by atoms with van der Waals surface area (Å²) in [6.07, 6.45) is 1.45. The van der Waals surface area contributed by atoms with E-state index < -0.39 is 12.1 Å². The molecule has 0 radical (unpaired) electrons. The summed E-state index contributed by atoms with van der Waals surface area (Å²) in [5, 5.41) is 19.0. The van der Waals surface area contributed by atoms with Gasteiger partial charge in [-0.2, -0.15) is 0 Å². The van der Waals surface area contributed by atoms with Gasteiger partial charge in [0.15, 0.2) is 5.76 Å². The monoisotopic (exact) mass is 249 g/mol. The lowest BCUT2D eigenvalue weighted by atomic mass is 10.1. The molecule has 6 heteroatoms. The van der Waals surface area contributed by atoms with Crippen LogP contribution in [0, 0.1) is 0 Å². The topological polar surface area (TPSA) is 92.8 Å². The molecule has 0 saturated carbocycles. The molecule has 1 unspecified atom stereocenters. The van der Waals surface area contributed by atoms with Crippen LogP contribution in [0.3, 0.4) is 0 Å². The smallest absolute Gasteiger partial charge is 0.339 e. The van der Waals surface area contributed by atoms with Crippen LogP contribution in [0.5, 0.6) is 5.88 Å². The Kier molecular flexibility index (Phi) is 3.29. The van der Waals surface area contributed by atoms with Crippen molar-refractivity contribution >= 4 is 5.97 Å². The van der Waals surface area contributed by atoms with E-state index in [-0.39, 0.29) is 11.3 Å². The number of carboxylic acid groups (broad SMARTS) is 1. The number of rotatable bonds is 4. The van der Waals surface area contributed by atoms with Crippen LogP contribution < -0.4 is 4.74 Å². The highest BCUT2D eigenvalue weighted by Crippen LogP contribution is 2.26. The summed E-state index contributed by atoms with van der Waals surface area (Å²) in [4.78, 5) is 14.8. The quantitative estimate of drug-likeness (QED) is 0.852. The number of carboxylic acids is 1. The molecular weight excluding hydrogens is 238 g/mol. The standard InChI is InChI=1S/C12H11NO5/c1-17-9-3-2-7(6-13-9)10(14)11-8(12(15)16)4-5-18-11/h2-6,10,14H,1H3,(H,15,16). The Bertz CT molecular complexity index is 546. The highest BCUT2D eigenvalue weighted by atomic mass is 16.5. The Morgan fingerprint density at radius 2 is 2.22 bits per heavy atom. The minimum absolute atomic E-state index is 0.0190. The number of nitrogens with zero attached hydrogens (tertiary/aromatic N) is 1. The second-order valence-electron chi connectivity index (χ2n) is 3.54. The largest absolute Gasteiger partial charge is 0.481 e. The molecule has 0 aliphatic carbocycles. The zero-order chi connectivity index (χ0) is 13.1. The number of aromatic carboxylic acids is 1. The molecular formula is C12H11NO5. The molecule has 6 nitrogen and oxygen atoms in total. The third-order valence-electron chi connectivity index (χ3n) is 2.46. The fourth-order valence-corrected chi connectivity index (χ4v) is 1.54. The van der Waals surface area contributed by atoms with Gasteiger partial charge in [-0.25, -0.2) is 9.78 Å². The number of hydrogen-bond donors (Lipinski definition) is 2. The maximum atomic E-state index is 10.9. The molecule has 0 bridgehead atoms. The van der Waals surface area contributed by atoms with Crippen LogP contribution in [0.1, 0.15) is 27.8 Å². The second kappa shape index (κ2) is 4.89. The van der Waals surface area contributed by atoms with E-state index >= 15 is 0 Å². The molecule has 0 fully saturated rings. The molecule has 0 aliphatic heterocycles. The van der Waals surface area contributed by atoms with E-state index in [0.717, 1.165) is 0 Å². The lowest BCUT2D eigenvalue weighted by Gasteiger charge is -2.09.